The van der Waals surface area contributed by atoms with Crippen molar-refractivity contribution in [3.8, 4) is 0 Å². The predicted molar refractivity (Wildman–Crippen MR) is 64.2 cm³/mol. The van der Waals surface area contributed by atoms with Gasteiger partial charge < -0.3 is 10.4 Å². The first-order valence-corrected chi connectivity index (χ1v) is 6.48. The van der Waals surface area contributed by atoms with Crippen molar-refractivity contribution in [1.82, 2.24) is 5.32 Å². The van der Waals surface area contributed by atoms with E-state index >= 15 is 0 Å². The Labute approximate surface area is 99.2 Å². The summed E-state index contributed by atoms with van der Waals surface area (Å²) in [6.45, 7) is 1.75. The van der Waals surface area contributed by atoms with Crippen LogP contribution in [0.1, 0.15) is 12.8 Å². The molecule has 0 radical (unpaired) electrons. The normalized spacial score (nSPS) is 19.6. The van der Waals surface area contributed by atoms with Gasteiger partial charge in [-0.25, -0.2) is 4.39 Å². The summed E-state index contributed by atoms with van der Waals surface area (Å²) in [7, 11) is 0. The summed E-state index contributed by atoms with van der Waals surface area (Å²) in [5.74, 6) is 0.463. The minimum Gasteiger partial charge on any atom is -0.389 e. The highest BCUT2D eigenvalue weighted by Gasteiger charge is 2.28. The molecule has 0 aromatic heterocycles. The summed E-state index contributed by atoms with van der Waals surface area (Å²) in [5.41, 5.74) is -0.565. The first-order valence-electron chi connectivity index (χ1n) is 5.49. The lowest BCUT2D eigenvalue weighted by Gasteiger charge is -2.32. The summed E-state index contributed by atoms with van der Waals surface area (Å²) >= 11 is 1.59. The molecule has 1 aliphatic rings. The number of piperidine rings is 1. The molecule has 1 fully saturated rings. The third-order valence-electron chi connectivity index (χ3n) is 2.86. The third-order valence-corrected chi connectivity index (χ3v) is 4.14. The summed E-state index contributed by atoms with van der Waals surface area (Å²) in [6, 6.07) is 6.42. The van der Waals surface area contributed by atoms with Crippen LogP contribution in [-0.2, 0) is 0 Å². The number of nitrogens with one attached hydrogen (secondary N) is 1. The summed E-state index contributed by atoms with van der Waals surface area (Å²) < 4.78 is 12.7. The zero-order valence-electron chi connectivity index (χ0n) is 9.08. The number of halogens is 1. The second kappa shape index (κ2) is 5.17. The van der Waals surface area contributed by atoms with Crippen molar-refractivity contribution in [2.75, 3.05) is 18.8 Å². The molecular weight excluding hydrogens is 225 g/mol. The fourth-order valence-corrected chi connectivity index (χ4v) is 2.84. The molecule has 0 unspecified atom stereocenters. The van der Waals surface area contributed by atoms with Gasteiger partial charge in [0.25, 0.3) is 0 Å². The molecule has 2 nitrogen and oxygen atoms in total. The quantitative estimate of drug-likeness (QED) is 0.794. The van der Waals surface area contributed by atoms with E-state index in [1.807, 2.05) is 0 Å². The molecule has 1 aliphatic heterocycles. The topological polar surface area (TPSA) is 32.3 Å². The number of aliphatic hydroxyl groups is 1. The average molecular weight is 241 g/mol. The van der Waals surface area contributed by atoms with E-state index in [-0.39, 0.29) is 5.82 Å². The molecule has 1 aromatic rings. The maximum absolute atomic E-state index is 12.7. The van der Waals surface area contributed by atoms with Crippen molar-refractivity contribution in [3.63, 3.8) is 0 Å². The molecule has 0 atom stereocenters. The number of hydrogen-bond acceptors (Lipinski definition) is 3. The van der Waals surface area contributed by atoms with Crippen LogP contribution in [0.15, 0.2) is 29.2 Å². The van der Waals surface area contributed by atoms with Crippen molar-refractivity contribution < 1.29 is 9.50 Å². The fraction of sp³-hybridized carbons (Fsp3) is 0.500. The maximum atomic E-state index is 12.7. The SMILES string of the molecule is OC1(CSc2ccc(F)cc2)CCNCC1. The summed E-state index contributed by atoms with van der Waals surface area (Å²) in [5, 5.41) is 13.5. The Hall–Kier alpha value is -0.580. The van der Waals surface area contributed by atoms with E-state index in [2.05, 4.69) is 5.32 Å². The molecule has 4 heteroatoms. The molecule has 1 heterocycles. The number of thioether (sulfide) groups is 1. The van der Waals surface area contributed by atoms with E-state index in [0.29, 0.717) is 5.75 Å². The molecule has 2 rings (SSSR count). The van der Waals surface area contributed by atoms with Gasteiger partial charge in [-0.05, 0) is 50.2 Å². The fourth-order valence-electron chi connectivity index (χ4n) is 1.78. The molecular formula is C12H16FNOS. The zero-order chi connectivity index (χ0) is 11.4. The number of rotatable bonds is 3. The van der Waals surface area contributed by atoms with Crippen molar-refractivity contribution in [2.45, 2.75) is 23.3 Å². The van der Waals surface area contributed by atoms with Gasteiger partial charge in [0.1, 0.15) is 5.82 Å². The molecule has 0 bridgehead atoms. The largest absolute Gasteiger partial charge is 0.389 e. The Balaban J connectivity index is 1.88. The van der Waals surface area contributed by atoms with Crippen molar-refractivity contribution in [2.24, 2.45) is 0 Å². The van der Waals surface area contributed by atoms with Crippen LogP contribution < -0.4 is 5.32 Å². The van der Waals surface area contributed by atoms with E-state index in [1.165, 1.54) is 12.1 Å². The summed E-state index contributed by atoms with van der Waals surface area (Å²) in [6.07, 6.45) is 1.59. The molecule has 0 amide bonds. The standard InChI is InChI=1S/C12H16FNOS/c13-10-1-3-11(4-2-10)16-9-12(15)5-7-14-8-6-12/h1-4,14-15H,5-9H2. The van der Waals surface area contributed by atoms with E-state index in [9.17, 15) is 9.50 Å². The van der Waals surface area contributed by atoms with Crippen LogP contribution >= 0.6 is 11.8 Å². The molecule has 2 N–H and O–H groups in total. The minimum absolute atomic E-state index is 0.218. The second-order valence-corrected chi connectivity index (χ2v) is 5.27. The second-order valence-electron chi connectivity index (χ2n) is 4.22. The highest BCUT2D eigenvalue weighted by Crippen LogP contribution is 2.28. The van der Waals surface area contributed by atoms with Gasteiger partial charge in [0, 0.05) is 10.6 Å². The van der Waals surface area contributed by atoms with Crippen LogP contribution in [0, 0.1) is 5.82 Å². The van der Waals surface area contributed by atoms with E-state index in [4.69, 9.17) is 0 Å². The van der Waals surface area contributed by atoms with Crippen LogP contribution in [0.4, 0.5) is 4.39 Å². The van der Waals surface area contributed by atoms with Crippen molar-refractivity contribution >= 4 is 11.8 Å². The van der Waals surface area contributed by atoms with Crippen molar-refractivity contribution in [3.05, 3.63) is 30.1 Å². The molecule has 0 saturated carbocycles. The predicted octanol–water partition coefficient (Wildman–Crippen LogP) is 2.03. The molecule has 88 valence electrons. The van der Waals surface area contributed by atoms with Gasteiger partial charge in [0.15, 0.2) is 0 Å². The highest BCUT2D eigenvalue weighted by molar-refractivity contribution is 7.99. The van der Waals surface area contributed by atoms with Gasteiger partial charge in [0.05, 0.1) is 5.60 Å². The van der Waals surface area contributed by atoms with Crippen LogP contribution in [0.2, 0.25) is 0 Å². The van der Waals surface area contributed by atoms with Gasteiger partial charge in [0.2, 0.25) is 0 Å². The van der Waals surface area contributed by atoms with Gasteiger partial charge in [-0.1, -0.05) is 0 Å². The van der Waals surface area contributed by atoms with E-state index < -0.39 is 5.60 Å². The smallest absolute Gasteiger partial charge is 0.123 e. The van der Waals surface area contributed by atoms with Gasteiger partial charge in [-0.2, -0.15) is 0 Å². The van der Waals surface area contributed by atoms with Crippen LogP contribution in [0.5, 0.6) is 0 Å². The first-order chi connectivity index (χ1) is 7.68. The highest BCUT2D eigenvalue weighted by atomic mass is 32.2. The Morgan fingerprint density at radius 2 is 1.88 bits per heavy atom. The van der Waals surface area contributed by atoms with E-state index in [1.54, 1.807) is 23.9 Å². The molecule has 1 aromatic carbocycles. The van der Waals surface area contributed by atoms with Crippen LogP contribution in [0.25, 0.3) is 0 Å². The molecule has 16 heavy (non-hydrogen) atoms. The van der Waals surface area contributed by atoms with Crippen LogP contribution in [0.3, 0.4) is 0 Å². The monoisotopic (exact) mass is 241 g/mol. The Morgan fingerprint density at radius 1 is 1.25 bits per heavy atom. The number of hydrogen-bond donors (Lipinski definition) is 2. The lowest BCUT2D eigenvalue weighted by atomic mass is 9.95. The van der Waals surface area contributed by atoms with Crippen LogP contribution in [-0.4, -0.2) is 29.5 Å². The first kappa shape index (κ1) is 11.9. The molecule has 1 saturated heterocycles. The zero-order valence-corrected chi connectivity index (χ0v) is 9.89. The Morgan fingerprint density at radius 3 is 2.50 bits per heavy atom. The average Bonchev–Trinajstić information content (AvgIpc) is 2.29. The Kier molecular flexibility index (Phi) is 3.84. The number of benzene rings is 1. The van der Waals surface area contributed by atoms with Gasteiger partial charge in [-0.3, -0.25) is 0 Å². The maximum Gasteiger partial charge on any atom is 0.123 e. The Bertz CT molecular complexity index is 335. The van der Waals surface area contributed by atoms with Gasteiger partial charge in [-0.15, -0.1) is 11.8 Å². The molecule has 0 spiro atoms. The minimum atomic E-state index is -0.565. The molecule has 0 aliphatic carbocycles. The van der Waals surface area contributed by atoms with Crippen molar-refractivity contribution in [1.29, 1.82) is 0 Å². The van der Waals surface area contributed by atoms with Gasteiger partial charge >= 0.3 is 0 Å². The lowest BCUT2D eigenvalue weighted by molar-refractivity contribution is 0.0339. The summed E-state index contributed by atoms with van der Waals surface area (Å²) in [4.78, 5) is 1.01. The van der Waals surface area contributed by atoms with E-state index in [0.717, 1.165) is 30.8 Å². The lowest BCUT2D eigenvalue weighted by Crippen LogP contribution is -2.43. The third kappa shape index (κ3) is 3.20.